The second-order valence-electron chi connectivity index (χ2n) is 6.00. The third-order valence-corrected chi connectivity index (χ3v) is 3.83. The fourth-order valence-electron chi connectivity index (χ4n) is 2.27. The molecular weight excluding hydrogens is 373 g/mol. The summed E-state index contributed by atoms with van der Waals surface area (Å²) in [6.07, 6.45) is -3.42. The lowest BCUT2D eigenvalue weighted by atomic mass is 10.2. The number of hydrogen-bond acceptors (Lipinski definition) is 4. The van der Waals surface area contributed by atoms with Gasteiger partial charge in [0.25, 0.3) is 5.91 Å². The van der Waals surface area contributed by atoms with E-state index in [1.54, 1.807) is 0 Å². The molecule has 0 aliphatic carbocycles. The Balaban J connectivity index is 2.17. The molecule has 0 bridgehead atoms. The fraction of sp³-hybridized carbons (Fsp3) is 0.312. The Hall–Kier alpha value is -2.55. The van der Waals surface area contributed by atoms with E-state index in [0.717, 1.165) is 6.07 Å². The van der Waals surface area contributed by atoms with Crippen molar-refractivity contribution in [2.24, 2.45) is 5.92 Å². The topological polar surface area (TPSA) is 72.4 Å². The first-order chi connectivity index (χ1) is 12.2. The minimum absolute atomic E-state index is 0.0641. The van der Waals surface area contributed by atoms with Crippen molar-refractivity contribution >= 4 is 23.2 Å². The van der Waals surface area contributed by atoms with Gasteiger partial charge in [0, 0.05) is 6.54 Å². The number of furan rings is 1. The second kappa shape index (κ2) is 6.64. The van der Waals surface area contributed by atoms with Crippen molar-refractivity contribution in [3.8, 4) is 11.5 Å². The van der Waals surface area contributed by atoms with E-state index in [9.17, 15) is 18.0 Å². The Morgan fingerprint density at radius 2 is 2.15 bits per heavy atom. The minimum atomic E-state index is -4.73. The van der Waals surface area contributed by atoms with Crippen molar-refractivity contribution < 1.29 is 22.4 Å². The first-order valence-electron chi connectivity index (χ1n) is 7.67. The molecule has 0 aromatic carbocycles. The van der Waals surface area contributed by atoms with Crippen molar-refractivity contribution in [2.45, 2.75) is 20.0 Å². The Morgan fingerprint density at radius 1 is 1.42 bits per heavy atom. The number of hydrogen-bond donors (Lipinski definition) is 1. The van der Waals surface area contributed by atoms with Gasteiger partial charge in [0.15, 0.2) is 22.8 Å². The lowest BCUT2D eigenvalue weighted by Gasteiger charge is -2.10. The number of halogens is 4. The summed E-state index contributed by atoms with van der Waals surface area (Å²) in [5.41, 5.74) is -1.77. The largest absolute Gasteiger partial charge is 0.463 e. The molecule has 3 rings (SSSR count). The molecule has 0 unspecified atom stereocenters. The van der Waals surface area contributed by atoms with Crippen molar-refractivity contribution in [2.75, 3.05) is 6.54 Å². The van der Waals surface area contributed by atoms with Gasteiger partial charge in [-0.25, -0.2) is 9.50 Å². The highest BCUT2D eigenvalue weighted by atomic mass is 35.5. The molecule has 138 valence electrons. The van der Waals surface area contributed by atoms with E-state index >= 15 is 0 Å². The van der Waals surface area contributed by atoms with E-state index < -0.39 is 17.8 Å². The summed E-state index contributed by atoms with van der Waals surface area (Å²) in [6, 6.07) is 3.79. The Labute approximate surface area is 151 Å². The normalized spacial score (nSPS) is 12.1. The molecule has 6 nitrogen and oxygen atoms in total. The van der Waals surface area contributed by atoms with Gasteiger partial charge in [-0.05, 0) is 24.1 Å². The van der Waals surface area contributed by atoms with E-state index in [2.05, 4.69) is 15.4 Å². The maximum Gasteiger partial charge on any atom is 0.433 e. The average Bonchev–Trinajstić information content (AvgIpc) is 3.19. The number of aromatic nitrogens is 3. The van der Waals surface area contributed by atoms with E-state index in [0.29, 0.717) is 11.1 Å². The smallest absolute Gasteiger partial charge is 0.433 e. The van der Waals surface area contributed by atoms with Gasteiger partial charge in [0.2, 0.25) is 0 Å². The highest BCUT2D eigenvalue weighted by molar-refractivity contribution is 6.36. The Kier molecular flexibility index (Phi) is 4.66. The number of carbonyl (C=O) groups is 1. The molecule has 1 N–H and O–H groups in total. The Morgan fingerprint density at radius 3 is 2.73 bits per heavy atom. The predicted molar refractivity (Wildman–Crippen MR) is 87.9 cm³/mol. The summed E-state index contributed by atoms with van der Waals surface area (Å²) < 4.78 is 46.1. The van der Waals surface area contributed by atoms with E-state index in [1.165, 1.54) is 18.4 Å². The molecule has 0 radical (unpaired) electrons. The van der Waals surface area contributed by atoms with Crippen LogP contribution in [-0.2, 0) is 6.18 Å². The molecule has 1 amide bonds. The van der Waals surface area contributed by atoms with Crippen molar-refractivity contribution in [1.82, 2.24) is 19.9 Å². The molecule has 3 aromatic rings. The molecule has 26 heavy (non-hydrogen) atoms. The zero-order valence-electron chi connectivity index (χ0n) is 13.8. The van der Waals surface area contributed by atoms with Gasteiger partial charge in [-0.3, -0.25) is 4.79 Å². The van der Waals surface area contributed by atoms with Gasteiger partial charge >= 0.3 is 6.18 Å². The van der Waals surface area contributed by atoms with Gasteiger partial charge in [-0.1, -0.05) is 25.4 Å². The van der Waals surface area contributed by atoms with Crippen LogP contribution in [0.25, 0.3) is 17.1 Å². The summed E-state index contributed by atoms with van der Waals surface area (Å²) in [6.45, 7) is 4.09. The summed E-state index contributed by atoms with van der Waals surface area (Å²) >= 11 is 6.12. The zero-order chi connectivity index (χ0) is 19.1. The van der Waals surface area contributed by atoms with E-state index in [-0.39, 0.29) is 33.7 Å². The molecule has 0 saturated carbocycles. The van der Waals surface area contributed by atoms with Crippen molar-refractivity contribution in [1.29, 1.82) is 0 Å². The van der Waals surface area contributed by atoms with Gasteiger partial charge in [0.05, 0.1) is 6.26 Å². The van der Waals surface area contributed by atoms with Crippen LogP contribution in [0.5, 0.6) is 0 Å². The lowest BCUT2D eigenvalue weighted by Crippen LogP contribution is -2.28. The standard InChI is InChI=1S/C16H14ClF3N4O2/c1-8(2)7-21-15(25)13-12(17)14-22-9(10-4-3-5-26-10)6-11(16(18,19)20)24(14)23-13/h3-6,8H,7H2,1-2H3,(H,21,25). The molecular formula is C16H14ClF3N4O2. The molecule has 3 aromatic heterocycles. The minimum Gasteiger partial charge on any atom is -0.463 e. The maximum atomic E-state index is 13.5. The zero-order valence-corrected chi connectivity index (χ0v) is 14.5. The van der Waals surface area contributed by atoms with Crippen LogP contribution in [0.2, 0.25) is 5.02 Å². The summed E-state index contributed by atoms with van der Waals surface area (Å²) in [7, 11) is 0. The molecule has 0 fully saturated rings. The predicted octanol–water partition coefficient (Wildman–Crippen LogP) is 4.05. The number of amides is 1. The third kappa shape index (κ3) is 3.39. The second-order valence-corrected chi connectivity index (χ2v) is 6.38. The highest BCUT2D eigenvalue weighted by Gasteiger charge is 2.37. The van der Waals surface area contributed by atoms with Gasteiger partial charge in [0.1, 0.15) is 10.7 Å². The summed E-state index contributed by atoms with van der Waals surface area (Å²) in [5.74, 6) is -0.368. The number of carbonyl (C=O) groups excluding carboxylic acids is 1. The molecule has 0 atom stereocenters. The van der Waals surface area contributed by atoms with Crippen LogP contribution in [0.4, 0.5) is 13.2 Å². The van der Waals surface area contributed by atoms with Gasteiger partial charge in [-0.15, -0.1) is 0 Å². The number of nitrogens with zero attached hydrogens (tertiary/aromatic N) is 3. The molecule has 0 aliphatic heterocycles. The van der Waals surface area contributed by atoms with Crippen molar-refractivity contribution in [3.05, 3.63) is 40.9 Å². The van der Waals surface area contributed by atoms with E-state index in [4.69, 9.17) is 16.0 Å². The number of rotatable bonds is 4. The summed E-state index contributed by atoms with van der Waals surface area (Å²) in [5, 5.41) is 6.05. The van der Waals surface area contributed by atoms with Gasteiger partial charge in [-0.2, -0.15) is 18.3 Å². The molecule has 3 heterocycles. The highest BCUT2D eigenvalue weighted by Crippen LogP contribution is 2.34. The van der Waals surface area contributed by atoms with Crippen LogP contribution in [0.3, 0.4) is 0 Å². The Bertz CT molecular complexity index is 949. The lowest BCUT2D eigenvalue weighted by molar-refractivity contribution is -0.142. The SMILES string of the molecule is CC(C)CNC(=O)c1nn2c(C(F)(F)F)cc(-c3ccco3)nc2c1Cl. The first-order valence-corrected chi connectivity index (χ1v) is 8.05. The van der Waals surface area contributed by atoms with Gasteiger partial charge < -0.3 is 9.73 Å². The van der Waals surface area contributed by atoms with Crippen LogP contribution in [-0.4, -0.2) is 27.0 Å². The molecule has 10 heteroatoms. The van der Waals surface area contributed by atoms with Crippen LogP contribution < -0.4 is 5.32 Å². The van der Waals surface area contributed by atoms with Crippen LogP contribution >= 0.6 is 11.6 Å². The van der Waals surface area contributed by atoms with Crippen LogP contribution in [0.15, 0.2) is 28.9 Å². The molecule has 0 saturated heterocycles. The number of fused-ring (bicyclic) bond motifs is 1. The first kappa shape index (κ1) is 18.2. The molecule has 0 aliphatic rings. The van der Waals surface area contributed by atoms with Crippen molar-refractivity contribution in [3.63, 3.8) is 0 Å². The number of alkyl halides is 3. The number of nitrogens with one attached hydrogen (secondary N) is 1. The maximum absolute atomic E-state index is 13.5. The monoisotopic (exact) mass is 386 g/mol. The average molecular weight is 387 g/mol. The fourth-order valence-corrected chi connectivity index (χ4v) is 2.52. The molecule has 0 spiro atoms. The van der Waals surface area contributed by atoms with Crippen LogP contribution in [0.1, 0.15) is 30.0 Å². The van der Waals surface area contributed by atoms with E-state index in [1.807, 2.05) is 13.8 Å². The quantitative estimate of drug-likeness (QED) is 0.734. The summed E-state index contributed by atoms with van der Waals surface area (Å²) in [4.78, 5) is 16.3. The third-order valence-electron chi connectivity index (χ3n) is 3.48. The van der Waals surface area contributed by atoms with Crippen LogP contribution in [0, 0.1) is 5.92 Å².